The summed E-state index contributed by atoms with van der Waals surface area (Å²) in [5.74, 6) is 0.880. The zero-order valence-corrected chi connectivity index (χ0v) is 9.68. The average molecular weight is 223 g/mol. The molecule has 2 heteroatoms. The lowest BCUT2D eigenvalue weighted by molar-refractivity contribution is 0.340. The zero-order chi connectivity index (χ0) is 12.1. The van der Waals surface area contributed by atoms with Crippen molar-refractivity contribution in [3.8, 4) is 22.9 Å². The van der Waals surface area contributed by atoms with Crippen molar-refractivity contribution in [2.24, 2.45) is 0 Å². The van der Waals surface area contributed by atoms with Crippen LogP contribution in [0.3, 0.4) is 0 Å². The van der Waals surface area contributed by atoms with Gasteiger partial charge >= 0.3 is 0 Å². The molecule has 17 heavy (non-hydrogen) atoms. The molecule has 0 atom stereocenters. The average Bonchev–Trinajstić information content (AvgIpc) is 2.40. The van der Waals surface area contributed by atoms with Gasteiger partial charge in [0.05, 0.1) is 18.2 Å². The van der Waals surface area contributed by atoms with E-state index in [1.807, 2.05) is 55.5 Å². The fourth-order valence-electron chi connectivity index (χ4n) is 1.65. The maximum absolute atomic E-state index is 8.73. The van der Waals surface area contributed by atoms with Crippen LogP contribution in [0.2, 0.25) is 0 Å². The minimum absolute atomic E-state index is 0.677. The maximum Gasteiger partial charge on any atom is 0.119 e. The molecule has 0 saturated carbocycles. The highest BCUT2D eigenvalue weighted by Gasteiger charge is 1.98. The third-order valence-corrected chi connectivity index (χ3v) is 2.51. The van der Waals surface area contributed by atoms with Crippen LogP contribution in [0.15, 0.2) is 48.5 Å². The van der Waals surface area contributed by atoms with E-state index in [0.717, 1.165) is 16.9 Å². The Hall–Kier alpha value is -2.27. The third kappa shape index (κ3) is 2.64. The summed E-state index contributed by atoms with van der Waals surface area (Å²) in [5.41, 5.74) is 2.91. The molecule has 0 aliphatic heterocycles. The molecule has 0 radical (unpaired) electrons. The van der Waals surface area contributed by atoms with Crippen LogP contribution in [0.4, 0.5) is 0 Å². The summed E-state index contributed by atoms with van der Waals surface area (Å²) in [4.78, 5) is 0. The van der Waals surface area contributed by atoms with E-state index in [1.165, 1.54) is 0 Å². The predicted octanol–water partition coefficient (Wildman–Crippen LogP) is 3.62. The van der Waals surface area contributed by atoms with Crippen LogP contribution >= 0.6 is 0 Å². The standard InChI is InChI=1S/C15H13NO/c1-2-17-15-9-7-14(8-10-15)13-5-3-12(11-16)4-6-13/h3-10H,2H2,1H3. The molecular formula is C15H13NO. The van der Waals surface area contributed by atoms with E-state index in [4.69, 9.17) is 10.00 Å². The highest BCUT2D eigenvalue weighted by molar-refractivity contribution is 5.64. The fourth-order valence-corrected chi connectivity index (χ4v) is 1.65. The lowest BCUT2D eigenvalue weighted by Gasteiger charge is -2.05. The Morgan fingerprint density at radius 1 is 0.941 bits per heavy atom. The van der Waals surface area contributed by atoms with Crippen molar-refractivity contribution in [1.82, 2.24) is 0 Å². The molecular weight excluding hydrogens is 210 g/mol. The van der Waals surface area contributed by atoms with Gasteiger partial charge in [-0.05, 0) is 42.3 Å². The molecule has 0 bridgehead atoms. The molecule has 0 saturated heterocycles. The Morgan fingerprint density at radius 2 is 1.47 bits per heavy atom. The van der Waals surface area contributed by atoms with Gasteiger partial charge in [-0.15, -0.1) is 0 Å². The van der Waals surface area contributed by atoms with E-state index in [9.17, 15) is 0 Å². The van der Waals surface area contributed by atoms with Crippen LogP contribution in [0.5, 0.6) is 5.75 Å². The van der Waals surface area contributed by atoms with Crippen LogP contribution in [0.25, 0.3) is 11.1 Å². The molecule has 2 rings (SSSR count). The summed E-state index contributed by atoms with van der Waals surface area (Å²) >= 11 is 0. The number of rotatable bonds is 3. The lowest BCUT2D eigenvalue weighted by Crippen LogP contribution is -1.90. The molecule has 0 unspecified atom stereocenters. The Kier molecular flexibility index (Phi) is 3.42. The second kappa shape index (κ2) is 5.18. The monoisotopic (exact) mass is 223 g/mol. The largest absolute Gasteiger partial charge is 0.494 e. The van der Waals surface area contributed by atoms with Crippen LogP contribution in [0, 0.1) is 11.3 Å². The lowest BCUT2D eigenvalue weighted by atomic mass is 10.0. The first-order valence-electron chi connectivity index (χ1n) is 5.57. The van der Waals surface area contributed by atoms with Crippen molar-refractivity contribution >= 4 is 0 Å². The first-order chi connectivity index (χ1) is 8.33. The molecule has 0 amide bonds. The number of nitriles is 1. The number of ether oxygens (including phenoxy) is 1. The summed E-state index contributed by atoms with van der Waals surface area (Å²) in [7, 11) is 0. The highest BCUT2D eigenvalue weighted by Crippen LogP contribution is 2.22. The van der Waals surface area contributed by atoms with Crippen molar-refractivity contribution in [1.29, 1.82) is 5.26 Å². The van der Waals surface area contributed by atoms with Crippen LogP contribution in [-0.4, -0.2) is 6.61 Å². The van der Waals surface area contributed by atoms with E-state index in [0.29, 0.717) is 12.2 Å². The van der Waals surface area contributed by atoms with Crippen molar-refractivity contribution in [3.05, 3.63) is 54.1 Å². The second-order valence-electron chi connectivity index (χ2n) is 3.65. The molecule has 0 N–H and O–H groups in total. The normalized spacial score (nSPS) is 9.65. The van der Waals surface area contributed by atoms with Gasteiger partial charge in [-0.25, -0.2) is 0 Å². The zero-order valence-electron chi connectivity index (χ0n) is 9.68. The van der Waals surface area contributed by atoms with Gasteiger partial charge in [0.15, 0.2) is 0 Å². The maximum atomic E-state index is 8.73. The Balaban J connectivity index is 2.24. The van der Waals surface area contributed by atoms with Crippen molar-refractivity contribution in [2.45, 2.75) is 6.92 Å². The molecule has 2 aromatic rings. The van der Waals surface area contributed by atoms with E-state index >= 15 is 0 Å². The molecule has 2 nitrogen and oxygen atoms in total. The van der Waals surface area contributed by atoms with Gasteiger partial charge in [0.25, 0.3) is 0 Å². The van der Waals surface area contributed by atoms with E-state index in [1.54, 1.807) is 0 Å². The van der Waals surface area contributed by atoms with Gasteiger partial charge < -0.3 is 4.74 Å². The van der Waals surface area contributed by atoms with Gasteiger partial charge in [0, 0.05) is 0 Å². The van der Waals surface area contributed by atoms with Crippen LogP contribution < -0.4 is 4.74 Å². The molecule has 84 valence electrons. The van der Waals surface area contributed by atoms with Gasteiger partial charge in [0.2, 0.25) is 0 Å². The first-order valence-corrected chi connectivity index (χ1v) is 5.57. The summed E-state index contributed by atoms with van der Waals surface area (Å²) < 4.78 is 5.39. The SMILES string of the molecule is CCOc1ccc(-c2ccc(C#N)cc2)cc1. The number of benzene rings is 2. The molecule has 2 aromatic carbocycles. The van der Waals surface area contributed by atoms with Gasteiger partial charge in [-0.3, -0.25) is 0 Å². The van der Waals surface area contributed by atoms with Crippen LogP contribution in [0.1, 0.15) is 12.5 Å². The van der Waals surface area contributed by atoms with Gasteiger partial charge in [-0.1, -0.05) is 24.3 Å². The molecule has 0 heterocycles. The molecule has 0 spiro atoms. The predicted molar refractivity (Wildman–Crippen MR) is 67.8 cm³/mol. The number of hydrogen-bond donors (Lipinski definition) is 0. The third-order valence-electron chi connectivity index (χ3n) is 2.51. The Bertz CT molecular complexity index is 520. The van der Waals surface area contributed by atoms with Crippen molar-refractivity contribution < 1.29 is 4.74 Å². The summed E-state index contributed by atoms with van der Waals surface area (Å²) in [5, 5.41) is 8.73. The molecule has 0 aliphatic carbocycles. The molecule has 0 aromatic heterocycles. The first kappa shape index (κ1) is 11.2. The van der Waals surface area contributed by atoms with Crippen molar-refractivity contribution in [2.75, 3.05) is 6.61 Å². The van der Waals surface area contributed by atoms with E-state index in [-0.39, 0.29) is 0 Å². The minimum atomic E-state index is 0.677. The minimum Gasteiger partial charge on any atom is -0.494 e. The summed E-state index contributed by atoms with van der Waals surface area (Å²) in [6.07, 6.45) is 0. The quantitative estimate of drug-likeness (QED) is 0.796. The van der Waals surface area contributed by atoms with E-state index < -0.39 is 0 Å². The number of nitrogens with zero attached hydrogens (tertiary/aromatic N) is 1. The van der Waals surface area contributed by atoms with E-state index in [2.05, 4.69) is 6.07 Å². The summed E-state index contributed by atoms with van der Waals surface area (Å²) in [6, 6.07) is 17.6. The Labute approximate surface area is 101 Å². The number of hydrogen-bond acceptors (Lipinski definition) is 2. The van der Waals surface area contributed by atoms with Crippen LogP contribution in [-0.2, 0) is 0 Å². The van der Waals surface area contributed by atoms with Gasteiger partial charge in [-0.2, -0.15) is 5.26 Å². The highest BCUT2D eigenvalue weighted by atomic mass is 16.5. The smallest absolute Gasteiger partial charge is 0.119 e. The second-order valence-corrected chi connectivity index (χ2v) is 3.65. The molecule has 0 fully saturated rings. The summed E-state index contributed by atoms with van der Waals surface area (Å²) in [6.45, 7) is 2.64. The Morgan fingerprint density at radius 3 is 1.94 bits per heavy atom. The topological polar surface area (TPSA) is 33.0 Å². The van der Waals surface area contributed by atoms with Gasteiger partial charge in [0.1, 0.15) is 5.75 Å². The van der Waals surface area contributed by atoms with Crippen molar-refractivity contribution in [3.63, 3.8) is 0 Å². The fraction of sp³-hybridized carbons (Fsp3) is 0.133. The molecule has 0 aliphatic rings.